The van der Waals surface area contributed by atoms with Crippen LogP contribution >= 0.6 is 0 Å². The number of hydrogen-bond acceptors (Lipinski definition) is 5. The topological polar surface area (TPSA) is 54.0 Å². The van der Waals surface area contributed by atoms with Crippen molar-refractivity contribution in [3.8, 4) is 5.75 Å². The van der Waals surface area contributed by atoms with Gasteiger partial charge in [-0.05, 0) is 19.1 Å². The molecule has 0 N–H and O–H groups in total. The van der Waals surface area contributed by atoms with Crippen molar-refractivity contribution in [2.45, 2.75) is 13.0 Å². The van der Waals surface area contributed by atoms with Gasteiger partial charge in [-0.1, -0.05) is 18.2 Å². The first-order valence-corrected chi connectivity index (χ1v) is 5.76. The van der Waals surface area contributed by atoms with E-state index in [9.17, 15) is 4.79 Å². The number of methoxy groups -OCH3 is 1. The second-order valence-electron chi connectivity index (χ2n) is 3.48. The average Bonchev–Trinajstić information content (AvgIpc) is 2.42. The smallest absolute Gasteiger partial charge is 0.490 e. The second kappa shape index (κ2) is 8.36. The Morgan fingerprint density at radius 1 is 1.22 bits per heavy atom. The fraction of sp³-hybridized carbons (Fsp3) is 0.462. The molecule has 0 saturated carbocycles. The van der Waals surface area contributed by atoms with E-state index in [2.05, 4.69) is 4.74 Å². The summed E-state index contributed by atoms with van der Waals surface area (Å²) in [5.41, 5.74) is 0. The monoisotopic (exact) mass is 254 g/mol. The molecule has 0 fully saturated rings. The highest BCUT2D eigenvalue weighted by Crippen LogP contribution is 2.09. The van der Waals surface area contributed by atoms with Crippen LogP contribution in [0.2, 0.25) is 0 Å². The molecule has 1 rings (SSSR count). The molecule has 0 amide bonds. The third-order valence-electron chi connectivity index (χ3n) is 2.12. The van der Waals surface area contributed by atoms with Crippen molar-refractivity contribution in [3.63, 3.8) is 0 Å². The van der Waals surface area contributed by atoms with Crippen molar-refractivity contribution >= 4 is 6.16 Å². The van der Waals surface area contributed by atoms with Crippen LogP contribution in [0, 0.1) is 0 Å². The molecule has 18 heavy (non-hydrogen) atoms. The maximum atomic E-state index is 11.0. The van der Waals surface area contributed by atoms with E-state index in [0.717, 1.165) is 0 Å². The SMILES string of the molecule is CCOCC(COc1ccccc1)OC(=O)OC. The molecule has 0 spiro atoms. The van der Waals surface area contributed by atoms with Gasteiger partial charge in [0, 0.05) is 6.61 Å². The Bertz CT molecular complexity index is 338. The minimum Gasteiger partial charge on any atom is -0.490 e. The largest absolute Gasteiger partial charge is 0.508 e. The molecule has 1 aromatic carbocycles. The molecule has 0 aromatic heterocycles. The summed E-state index contributed by atoms with van der Waals surface area (Å²) >= 11 is 0. The molecular formula is C13H18O5. The molecular weight excluding hydrogens is 236 g/mol. The molecule has 0 aliphatic carbocycles. The first-order valence-electron chi connectivity index (χ1n) is 5.76. The fourth-order valence-corrected chi connectivity index (χ4v) is 1.26. The third-order valence-corrected chi connectivity index (χ3v) is 2.12. The van der Waals surface area contributed by atoms with E-state index in [1.165, 1.54) is 7.11 Å². The first-order chi connectivity index (χ1) is 8.76. The number of rotatable bonds is 7. The van der Waals surface area contributed by atoms with Gasteiger partial charge in [0.25, 0.3) is 0 Å². The van der Waals surface area contributed by atoms with Crippen molar-refractivity contribution in [2.75, 3.05) is 26.9 Å². The highest BCUT2D eigenvalue weighted by molar-refractivity contribution is 5.59. The van der Waals surface area contributed by atoms with Crippen LogP contribution in [0.25, 0.3) is 0 Å². The Balaban J connectivity index is 2.42. The highest BCUT2D eigenvalue weighted by atomic mass is 16.7. The van der Waals surface area contributed by atoms with Gasteiger partial charge in [0.15, 0.2) is 6.10 Å². The average molecular weight is 254 g/mol. The Morgan fingerprint density at radius 2 is 1.94 bits per heavy atom. The Morgan fingerprint density at radius 3 is 2.56 bits per heavy atom. The van der Waals surface area contributed by atoms with Gasteiger partial charge in [0.2, 0.25) is 0 Å². The summed E-state index contributed by atoms with van der Waals surface area (Å²) in [6.07, 6.45) is -1.23. The summed E-state index contributed by atoms with van der Waals surface area (Å²) in [6.45, 7) is 2.91. The van der Waals surface area contributed by atoms with Crippen LogP contribution in [-0.2, 0) is 14.2 Å². The Kier molecular flexibility index (Phi) is 6.64. The molecule has 1 unspecified atom stereocenters. The van der Waals surface area contributed by atoms with Crippen LogP contribution < -0.4 is 4.74 Å². The van der Waals surface area contributed by atoms with Crippen molar-refractivity contribution < 1.29 is 23.7 Å². The molecule has 0 aliphatic rings. The lowest BCUT2D eigenvalue weighted by Gasteiger charge is -2.17. The number of hydrogen-bond donors (Lipinski definition) is 0. The zero-order valence-electron chi connectivity index (χ0n) is 10.6. The van der Waals surface area contributed by atoms with Crippen LogP contribution in [0.4, 0.5) is 4.79 Å². The minimum atomic E-state index is -0.739. The molecule has 100 valence electrons. The number of para-hydroxylation sites is 1. The van der Waals surface area contributed by atoms with Gasteiger partial charge < -0.3 is 18.9 Å². The van der Waals surface area contributed by atoms with Gasteiger partial charge >= 0.3 is 6.16 Å². The first kappa shape index (κ1) is 14.3. The summed E-state index contributed by atoms with van der Waals surface area (Å²) in [5.74, 6) is 0.715. The van der Waals surface area contributed by atoms with Gasteiger partial charge in [-0.2, -0.15) is 0 Å². The van der Waals surface area contributed by atoms with E-state index in [0.29, 0.717) is 12.4 Å². The van der Waals surface area contributed by atoms with Crippen LogP contribution in [-0.4, -0.2) is 39.2 Å². The lowest BCUT2D eigenvalue weighted by Crippen LogP contribution is -2.29. The number of benzene rings is 1. The molecule has 5 heteroatoms. The quantitative estimate of drug-likeness (QED) is 0.698. The van der Waals surface area contributed by atoms with Crippen molar-refractivity contribution in [3.05, 3.63) is 30.3 Å². The summed E-state index contributed by atoms with van der Waals surface area (Å²) in [4.78, 5) is 11.0. The maximum Gasteiger partial charge on any atom is 0.508 e. The summed E-state index contributed by atoms with van der Waals surface area (Å²) < 4.78 is 20.2. The Hall–Kier alpha value is -1.75. The Labute approximate surface area is 107 Å². The van der Waals surface area contributed by atoms with E-state index >= 15 is 0 Å². The van der Waals surface area contributed by atoms with Crippen molar-refractivity contribution in [1.82, 2.24) is 0 Å². The highest BCUT2D eigenvalue weighted by Gasteiger charge is 2.16. The summed E-state index contributed by atoms with van der Waals surface area (Å²) in [6, 6.07) is 9.29. The lowest BCUT2D eigenvalue weighted by molar-refractivity contribution is -0.0241. The zero-order valence-corrected chi connectivity index (χ0v) is 10.6. The minimum absolute atomic E-state index is 0.221. The molecule has 1 atom stereocenters. The van der Waals surface area contributed by atoms with Crippen LogP contribution in [0.3, 0.4) is 0 Å². The van der Waals surface area contributed by atoms with E-state index in [1.54, 1.807) is 0 Å². The van der Waals surface area contributed by atoms with Gasteiger partial charge in [0.05, 0.1) is 13.7 Å². The molecule has 0 aliphatic heterocycles. The summed E-state index contributed by atoms with van der Waals surface area (Å²) in [7, 11) is 1.26. The second-order valence-corrected chi connectivity index (χ2v) is 3.48. The fourth-order valence-electron chi connectivity index (χ4n) is 1.26. The molecule has 0 saturated heterocycles. The van der Waals surface area contributed by atoms with E-state index in [-0.39, 0.29) is 13.2 Å². The third kappa shape index (κ3) is 5.54. The molecule has 0 heterocycles. The van der Waals surface area contributed by atoms with E-state index < -0.39 is 12.3 Å². The van der Waals surface area contributed by atoms with Crippen LogP contribution in [0.5, 0.6) is 5.75 Å². The zero-order chi connectivity index (χ0) is 13.2. The normalized spacial score (nSPS) is 11.7. The molecule has 0 radical (unpaired) electrons. The van der Waals surface area contributed by atoms with E-state index in [1.807, 2.05) is 37.3 Å². The standard InChI is InChI=1S/C13H18O5/c1-3-16-9-12(18-13(14)15-2)10-17-11-7-5-4-6-8-11/h4-8,12H,3,9-10H2,1-2H3. The molecule has 0 bridgehead atoms. The maximum absolute atomic E-state index is 11.0. The molecule has 5 nitrogen and oxygen atoms in total. The number of ether oxygens (including phenoxy) is 4. The van der Waals surface area contributed by atoms with Gasteiger partial charge in [-0.3, -0.25) is 0 Å². The van der Waals surface area contributed by atoms with Gasteiger partial charge in [0.1, 0.15) is 12.4 Å². The number of carbonyl (C=O) groups excluding carboxylic acids is 1. The van der Waals surface area contributed by atoms with Gasteiger partial charge in [-0.15, -0.1) is 0 Å². The number of carbonyl (C=O) groups is 1. The molecule has 1 aromatic rings. The van der Waals surface area contributed by atoms with Crippen molar-refractivity contribution in [1.29, 1.82) is 0 Å². The van der Waals surface area contributed by atoms with Crippen molar-refractivity contribution in [2.24, 2.45) is 0 Å². The predicted octanol–water partition coefficient (Wildman–Crippen LogP) is 2.25. The van der Waals surface area contributed by atoms with E-state index in [4.69, 9.17) is 14.2 Å². The van der Waals surface area contributed by atoms with Gasteiger partial charge in [-0.25, -0.2) is 4.79 Å². The van der Waals surface area contributed by atoms with Crippen LogP contribution in [0.15, 0.2) is 30.3 Å². The van der Waals surface area contributed by atoms with Crippen LogP contribution in [0.1, 0.15) is 6.92 Å². The predicted molar refractivity (Wildman–Crippen MR) is 65.7 cm³/mol. The lowest BCUT2D eigenvalue weighted by atomic mass is 10.3. The summed E-state index contributed by atoms with van der Waals surface area (Å²) in [5, 5.41) is 0.